The molecule has 1 aromatic carbocycles. The van der Waals surface area contributed by atoms with Crippen LogP contribution >= 0.6 is 0 Å². The molecule has 1 amide bonds. The summed E-state index contributed by atoms with van der Waals surface area (Å²) in [5, 5.41) is 9.39. The molecular formula is C16H21NO4. The number of benzene rings is 1. The van der Waals surface area contributed by atoms with Gasteiger partial charge in [-0.1, -0.05) is 30.3 Å². The van der Waals surface area contributed by atoms with E-state index in [1.807, 2.05) is 30.3 Å². The van der Waals surface area contributed by atoms with Crippen LogP contribution < -0.4 is 0 Å². The molecule has 0 radical (unpaired) electrons. The maximum absolute atomic E-state index is 12.2. The lowest BCUT2D eigenvalue weighted by Crippen LogP contribution is -2.44. The first-order valence-corrected chi connectivity index (χ1v) is 7.22. The zero-order valence-corrected chi connectivity index (χ0v) is 12.2. The Hall–Kier alpha value is -1.88. The second-order valence-electron chi connectivity index (χ2n) is 5.39. The van der Waals surface area contributed by atoms with Crippen LogP contribution in [-0.2, 0) is 20.7 Å². The van der Waals surface area contributed by atoms with E-state index < -0.39 is 12.0 Å². The first-order valence-electron chi connectivity index (χ1n) is 7.22. The molecule has 1 aliphatic rings. The minimum Gasteiger partial charge on any atom is -0.480 e. The topological polar surface area (TPSA) is 66.8 Å². The van der Waals surface area contributed by atoms with Crippen molar-refractivity contribution in [2.45, 2.75) is 37.8 Å². The number of carboxylic acid groups (broad SMARTS) is 1. The van der Waals surface area contributed by atoms with Gasteiger partial charge in [0.05, 0.1) is 12.5 Å². The van der Waals surface area contributed by atoms with E-state index in [1.54, 1.807) is 7.05 Å². The molecule has 21 heavy (non-hydrogen) atoms. The number of ether oxygens (including phenoxy) is 1. The molecule has 1 heterocycles. The van der Waals surface area contributed by atoms with Crippen LogP contribution in [0.25, 0.3) is 0 Å². The van der Waals surface area contributed by atoms with E-state index in [0.29, 0.717) is 13.0 Å². The average molecular weight is 291 g/mol. The van der Waals surface area contributed by atoms with E-state index in [2.05, 4.69) is 0 Å². The zero-order valence-electron chi connectivity index (χ0n) is 12.2. The van der Waals surface area contributed by atoms with Crippen molar-refractivity contribution in [2.24, 2.45) is 0 Å². The lowest BCUT2D eigenvalue weighted by molar-refractivity contribution is -0.149. The molecule has 0 saturated carbocycles. The Morgan fingerprint density at radius 3 is 2.67 bits per heavy atom. The van der Waals surface area contributed by atoms with Gasteiger partial charge in [-0.2, -0.15) is 0 Å². The summed E-state index contributed by atoms with van der Waals surface area (Å²) in [5.41, 5.74) is 0.904. The highest BCUT2D eigenvalue weighted by Crippen LogP contribution is 2.17. The van der Waals surface area contributed by atoms with Crippen LogP contribution in [0.3, 0.4) is 0 Å². The molecule has 1 aromatic rings. The third kappa shape index (κ3) is 4.29. The van der Waals surface area contributed by atoms with Crippen LogP contribution in [0.2, 0.25) is 0 Å². The summed E-state index contributed by atoms with van der Waals surface area (Å²) < 4.78 is 5.44. The lowest BCUT2D eigenvalue weighted by Gasteiger charge is -2.26. The summed E-state index contributed by atoms with van der Waals surface area (Å²) in [6.45, 7) is 0.689. The highest BCUT2D eigenvalue weighted by atomic mass is 16.5. The number of carbonyl (C=O) groups excluding carboxylic acids is 1. The van der Waals surface area contributed by atoms with E-state index in [4.69, 9.17) is 4.74 Å². The number of rotatable bonds is 6. The monoisotopic (exact) mass is 291 g/mol. The van der Waals surface area contributed by atoms with E-state index in [9.17, 15) is 14.7 Å². The fraction of sp³-hybridized carbons (Fsp3) is 0.500. The Balaban J connectivity index is 1.99. The maximum atomic E-state index is 12.2. The number of hydrogen-bond acceptors (Lipinski definition) is 3. The number of amides is 1. The van der Waals surface area contributed by atoms with Crippen LogP contribution in [-0.4, -0.2) is 47.7 Å². The van der Waals surface area contributed by atoms with Gasteiger partial charge in [0.15, 0.2) is 0 Å². The van der Waals surface area contributed by atoms with Gasteiger partial charge in [0.1, 0.15) is 6.04 Å². The Morgan fingerprint density at radius 1 is 1.38 bits per heavy atom. The second kappa shape index (κ2) is 7.22. The van der Waals surface area contributed by atoms with E-state index in [0.717, 1.165) is 18.4 Å². The summed E-state index contributed by atoms with van der Waals surface area (Å²) in [6, 6.07) is 8.50. The first-order chi connectivity index (χ1) is 10.1. The SMILES string of the molecule is CN(C(=O)CC1CCCO1)C(Cc1ccccc1)C(=O)O. The molecule has 2 rings (SSSR count). The average Bonchev–Trinajstić information content (AvgIpc) is 2.97. The fourth-order valence-electron chi connectivity index (χ4n) is 2.55. The molecule has 0 aliphatic carbocycles. The molecule has 2 unspecified atom stereocenters. The van der Waals surface area contributed by atoms with Crippen molar-refractivity contribution in [1.29, 1.82) is 0 Å². The molecule has 2 atom stereocenters. The van der Waals surface area contributed by atoms with Crippen molar-refractivity contribution >= 4 is 11.9 Å². The van der Waals surface area contributed by atoms with Crippen molar-refractivity contribution in [3.05, 3.63) is 35.9 Å². The fourth-order valence-corrected chi connectivity index (χ4v) is 2.55. The van der Waals surface area contributed by atoms with Crippen LogP contribution in [0.15, 0.2) is 30.3 Å². The van der Waals surface area contributed by atoms with Gasteiger partial charge in [0.25, 0.3) is 0 Å². The Labute approximate surface area is 124 Å². The van der Waals surface area contributed by atoms with Gasteiger partial charge in [0, 0.05) is 20.1 Å². The third-order valence-electron chi connectivity index (χ3n) is 3.84. The minimum absolute atomic E-state index is 0.0638. The normalized spacial score (nSPS) is 19.2. The molecule has 1 fully saturated rings. The molecule has 5 heteroatoms. The molecule has 1 aliphatic heterocycles. The van der Waals surface area contributed by atoms with Crippen molar-refractivity contribution in [3.63, 3.8) is 0 Å². The van der Waals surface area contributed by atoms with Gasteiger partial charge in [-0.3, -0.25) is 4.79 Å². The first kappa shape index (κ1) is 15.5. The molecule has 0 spiro atoms. The Bertz CT molecular complexity index is 482. The summed E-state index contributed by atoms with van der Waals surface area (Å²) in [5.74, 6) is -1.16. The third-order valence-corrected chi connectivity index (χ3v) is 3.84. The zero-order chi connectivity index (χ0) is 15.2. The molecule has 0 aromatic heterocycles. The second-order valence-corrected chi connectivity index (χ2v) is 5.39. The molecule has 5 nitrogen and oxygen atoms in total. The Kier molecular flexibility index (Phi) is 5.33. The summed E-state index contributed by atoms with van der Waals surface area (Å²) in [6.07, 6.45) is 2.34. The van der Waals surface area contributed by atoms with Gasteiger partial charge in [-0.05, 0) is 18.4 Å². The van der Waals surface area contributed by atoms with Crippen LogP contribution in [0.1, 0.15) is 24.8 Å². The summed E-state index contributed by atoms with van der Waals surface area (Å²) >= 11 is 0. The number of carbonyl (C=O) groups is 2. The van der Waals surface area contributed by atoms with Gasteiger partial charge < -0.3 is 14.7 Å². The smallest absolute Gasteiger partial charge is 0.326 e. The van der Waals surface area contributed by atoms with Crippen molar-refractivity contribution < 1.29 is 19.4 Å². The standard InChI is InChI=1S/C16H21NO4/c1-17(15(18)11-13-8-5-9-21-13)14(16(19)20)10-12-6-3-2-4-7-12/h2-4,6-7,13-14H,5,8-11H2,1H3,(H,19,20). The molecule has 0 bridgehead atoms. The molecule has 114 valence electrons. The summed E-state index contributed by atoms with van der Waals surface area (Å²) in [7, 11) is 1.55. The number of aliphatic carboxylic acids is 1. The number of nitrogens with zero attached hydrogens (tertiary/aromatic N) is 1. The van der Waals surface area contributed by atoms with Gasteiger partial charge in [0.2, 0.25) is 5.91 Å². The lowest BCUT2D eigenvalue weighted by atomic mass is 10.0. The predicted molar refractivity (Wildman–Crippen MR) is 77.9 cm³/mol. The highest BCUT2D eigenvalue weighted by Gasteiger charge is 2.29. The van der Waals surface area contributed by atoms with Crippen LogP contribution in [0.4, 0.5) is 0 Å². The van der Waals surface area contributed by atoms with Gasteiger partial charge >= 0.3 is 5.97 Å². The predicted octanol–water partition coefficient (Wildman–Crippen LogP) is 1.71. The maximum Gasteiger partial charge on any atom is 0.326 e. The Morgan fingerprint density at radius 2 is 2.10 bits per heavy atom. The van der Waals surface area contributed by atoms with Crippen LogP contribution in [0.5, 0.6) is 0 Å². The number of hydrogen-bond donors (Lipinski definition) is 1. The number of carboxylic acids is 1. The largest absolute Gasteiger partial charge is 0.480 e. The van der Waals surface area contributed by atoms with Gasteiger partial charge in [-0.15, -0.1) is 0 Å². The quantitative estimate of drug-likeness (QED) is 0.866. The van der Waals surface area contributed by atoms with Gasteiger partial charge in [-0.25, -0.2) is 4.79 Å². The van der Waals surface area contributed by atoms with Crippen molar-refractivity contribution in [3.8, 4) is 0 Å². The van der Waals surface area contributed by atoms with E-state index in [1.165, 1.54) is 4.90 Å². The molecular weight excluding hydrogens is 270 g/mol. The minimum atomic E-state index is -0.984. The summed E-state index contributed by atoms with van der Waals surface area (Å²) in [4.78, 5) is 25.0. The highest BCUT2D eigenvalue weighted by molar-refractivity contribution is 5.84. The molecule has 1 N–H and O–H groups in total. The van der Waals surface area contributed by atoms with E-state index in [-0.39, 0.29) is 18.4 Å². The van der Waals surface area contributed by atoms with Crippen molar-refractivity contribution in [2.75, 3.05) is 13.7 Å². The van der Waals surface area contributed by atoms with E-state index >= 15 is 0 Å². The van der Waals surface area contributed by atoms with Crippen molar-refractivity contribution in [1.82, 2.24) is 4.90 Å². The molecule has 1 saturated heterocycles. The van der Waals surface area contributed by atoms with Crippen LogP contribution in [0, 0.1) is 0 Å². The number of likely N-dealkylation sites (N-methyl/N-ethyl adjacent to an activating group) is 1.